The molecule has 4 nitrogen and oxygen atoms in total. The van der Waals surface area contributed by atoms with Crippen LogP contribution in [0.25, 0.3) is 0 Å². The normalized spacial score (nSPS) is 11.8. The molecule has 25 heavy (non-hydrogen) atoms. The highest BCUT2D eigenvalue weighted by atomic mass is 35.5. The molecule has 0 saturated carbocycles. The molecule has 0 saturated heterocycles. The smallest absolute Gasteiger partial charge is 0.229 e. The third kappa shape index (κ3) is 4.41. The average molecular weight is 373 g/mol. The summed E-state index contributed by atoms with van der Waals surface area (Å²) in [7, 11) is 0. The van der Waals surface area contributed by atoms with Gasteiger partial charge in [0.05, 0.1) is 15.7 Å². The largest absolute Gasteiger partial charge is 0.363 e. The van der Waals surface area contributed by atoms with Crippen molar-refractivity contribution in [1.29, 1.82) is 0 Å². The Balaban J connectivity index is 1.82. The van der Waals surface area contributed by atoms with Crippen molar-refractivity contribution >= 4 is 40.7 Å². The number of hydrogen-bond donors (Lipinski definition) is 2. The highest BCUT2D eigenvalue weighted by Crippen LogP contribution is 2.31. The summed E-state index contributed by atoms with van der Waals surface area (Å²) in [5.41, 5.74) is 2.70. The fraction of sp³-hybridized carbons (Fsp3) is 0.158. The van der Waals surface area contributed by atoms with Gasteiger partial charge in [-0.2, -0.15) is 4.98 Å². The molecule has 0 aliphatic rings. The first-order valence-electron chi connectivity index (χ1n) is 7.91. The van der Waals surface area contributed by atoms with Crippen LogP contribution in [0.5, 0.6) is 0 Å². The van der Waals surface area contributed by atoms with Crippen LogP contribution in [0, 0.1) is 6.92 Å². The number of hydrogen-bond acceptors (Lipinski definition) is 4. The lowest BCUT2D eigenvalue weighted by Gasteiger charge is -2.16. The van der Waals surface area contributed by atoms with Crippen molar-refractivity contribution in [2.75, 3.05) is 10.6 Å². The van der Waals surface area contributed by atoms with E-state index in [1.807, 2.05) is 43.3 Å². The molecule has 128 valence electrons. The van der Waals surface area contributed by atoms with Crippen molar-refractivity contribution in [3.05, 3.63) is 75.9 Å². The molecule has 0 spiro atoms. The van der Waals surface area contributed by atoms with Gasteiger partial charge in [0, 0.05) is 17.8 Å². The summed E-state index contributed by atoms with van der Waals surface area (Å²) in [6.45, 7) is 4.01. The number of benzene rings is 2. The van der Waals surface area contributed by atoms with Crippen LogP contribution < -0.4 is 10.6 Å². The highest BCUT2D eigenvalue weighted by Gasteiger charge is 2.10. The zero-order chi connectivity index (χ0) is 17.8. The number of rotatable bonds is 5. The fourth-order valence-electron chi connectivity index (χ4n) is 2.47. The molecule has 3 aromatic rings. The zero-order valence-corrected chi connectivity index (χ0v) is 15.4. The van der Waals surface area contributed by atoms with Gasteiger partial charge < -0.3 is 10.6 Å². The Kier molecular flexibility index (Phi) is 5.41. The molecule has 0 aliphatic heterocycles. The number of nitrogens with zero attached hydrogens (tertiary/aromatic N) is 2. The zero-order valence-electron chi connectivity index (χ0n) is 13.9. The van der Waals surface area contributed by atoms with E-state index < -0.39 is 0 Å². The Hall–Kier alpha value is -2.30. The van der Waals surface area contributed by atoms with Gasteiger partial charge in [0.15, 0.2) is 0 Å². The van der Waals surface area contributed by atoms with E-state index in [4.69, 9.17) is 23.2 Å². The van der Waals surface area contributed by atoms with Crippen LogP contribution in [0.15, 0.2) is 54.6 Å². The summed E-state index contributed by atoms with van der Waals surface area (Å²) in [5.74, 6) is 1.21. The third-order valence-electron chi connectivity index (χ3n) is 3.72. The molecule has 2 N–H and O–H groups in total. The molecule has 0 fully saturated rings. The minimum Gasteiger partial charge on any atom is -0.363 e. The predicted molar refractivity (Wildman–Crippen MR) is 105 cm³/mol. The van der Waals surface area contributed by atoms with Crippen molar-refractivity contribution in [3.63, 3.8) is 0 Å². The summed E-state index contributed by atoms with van der Waals surface area (Å²) in [5, 5.41) is 7.46. The van der Waals surface area contributed by atoms with Crippen LogP contribution in [0.1, 0.15) is 24.2 Å². The fourth-order valence-corrected chi connectivity index (χ4v) is 2.81. The van der Waals surface area contributed by atoms with Gasteiger partial charge in [-0.1, -0.05) is 59.6 Å². The van der Waals surface area contributed by atoms with E-state index in [9.17, 15) is 0 Å². The number of nitrogens with one attached hydrogen (secondary N) is 2. The lowest BCUT2D eigenvalue weighted by molar-refractivity contribution is 0.871. The van der Waals surface area contributed by atoms with E-state index in [0.29, 0.717) is 21.7 Å². The summed E-state index contributed by atoms with van der Waals surface area (Å²) >= 11 is 12.3. The molecular weight excluding hydrogens is 355 g/mol. The van der Waals surface area contributed by atoms with Gasteiger partial charge in [-0.15, -0.1) is 0 Å². The van der Waals surface area contributed by atoms with Crippen LogP contribution in [0.3, 0.4) is 0 Å². The molecule has 1 atom stereocenters. The maximum Gasteiger partial charge on any atom is 0.229 e. The second kappa shape index (κ2) is 7.72. The number of anilines is 3. The lowest BCUT2D eigenvalue weighted by atomic mass is 10.1. The number of aromatic nitrogens is 2. The average Bonchev–Trinajstić information content (AvgIpc) is 2.59. The van der Waals surface area contributed by atoms with E-state index in [1.54, 1.807) is 6.07 Å². The van der Waals surface area contributed by atoms with Crippen LogP contribution in [-0.4, -0.2) is 9.97 Å². The predicted octanol–water partition coefficient (Wildman–Crippen LogP) is 6.01. The lowest BCUT2D eigenvalue weighted by Crippen LogP contribution is -2.10. The second-order valence-corrected chi connectivity index (χ2v) is 6.51. The van der Waals surface area contributed by atoms with Gasteiger partial charge >= 0.3 is 0 Å². The summed E-state index contributed by atoms with van der Waals surface area (Å²) in [6, 6.07) is 17.6. The van der Waals surface area contributed by atoms with Crippen molar-refractivity contribution in [2.24, 2.45) is 0 Å². The van der Waals surface area contributed by atoms with Crippen molar-refractivity contribution < 1.29 is 0 Å². The maximum atomic E-state index is 6.22. The van der Waals surface area contributed by atoms with Crippen molar-refractivity contribution in [3.8, 4) is 0 Å². The SMILES string of the molecule is Cc1cc(NC(C)c2ccccc2)nc(Nc2cccc(Cl)c2Cl)n1. The van der Waals surface area contributed by atoms with Crippen LogP contribution in [0.2, 0.25) is 10.0 Å². The van der Waals surface area contributed by atoms with Crippen molar-refractivity contribution in [2.45, 2.75) is 19.9 Å². The minimum absolute atomic E-state index is 0.123. The Morgan fingerprint density at radius 3 is 2.48 bits per heavy atom. The Labute approximate surface area is 157 Å². The molecule has 2 aromatic carbocycles. The first kappa shape index (κ1) is 17.5. The molecule has 3 rings (SSSR count). The molecule has 6 heteroatoms. The highest BCUT2D eigenvalue weighted by molar-refractivity contribution is 6.43. The summed E-state index contributed by atoms with van der Waals surface area (Å²) in [4.78, 5) is 8.95. The van der Waals surface area contributed by atoms with E-state index in [-0.39, 0.29) is 6.04 Å². The Bertz CT molecular complexity index is 869. The number of halogens is 2. The summed E-state index contributed by atoms with van der Waals surface area (Å²) in [6.07, 6.45) is 0. The molecule has 1 heterocycles. The van der Waals surface area contributed by atoms with E-state index in [2.05, 4.69) is 39.7 Å². The van der Waals surface area contributed by atoms with Crippen LogP contribution in [-0.2, 0) is 0 Å². The monoisotopic (exact) mass is 372 g/mol. The second-order valence-electron chi connectivity index (χ2n) is 5.72. The van der Waals surface area contributed by atoms with Gasteiger partial charge in [0.25, 0.3) is 0 Å². The quantitative estimate of drug-likeness (QED) is 0.575. The molecule has 1 aromatic heterocycles. The minimum atomic E-state index is 0.123. The molecule has 0 aliphatic carbocycles. The van der Waals surface area contributed by atoms with Crippen LogP contribution >= 0.6 is 23.2 Å². The van der Waals surface area contributed by atoms with Gasteiger partial charge in [-0.05, 0) is 31.5 Å². The molecule has 0 radical (unpaired) electrons. The van der Waals surface area contributed by atoms with Crippen molar-refractivity contribution in [1.82, 2.24) is 9.97 Å². The van der Waals surface area contributed by atoms with Gasteiger partial charge in [-0.25, -0.2) is 4.98 Å². The van der Waals surface area contributed by atoms with Crippen LogP contribution in [0.4, 0.5) is 17.5 Å². The third-order valence-corrected chi connectivity index (χ3v) is 4.54. The van der Waals surface area contributed by atoms with E-state index in [0.717, 1.165) is 11.5 Å². The van der Waals surface area contributed by atoms with E-state index >= 15 is 0 Å². The molecule has 0 amide bonds. The van der Waals surface area contributed by atoms with Gasteiger partial charge in [0.2, 0.25) is 5.95 Å². The van der Waals surface area contributed by atoms with E-state index in [1.165, 1.54) is 5.56 Å². The van der Waals surface area contributed by atoms with Gasteiger partial charge in [-0.3, -0.25) is 0 Å². The maximum absolute atomic E-state index is 6.22. The summed E-state index contributed by atoms with van der Waals surface area (Å²) < 4.78 is 0. The first-order valence-corrected chi connectivity index (χ1v) is 8.67. The molecule has 1 unspecified atom stereocenters. The first-order chi connectivity index (χ1) is 12.0. The Morgan fingerprint density at radius 1 is 0.960 bits per heavy atom. The molecular formula is C19H18Cl2N4. The van der Waals surface area contributed by atoms with Gasteiger partial charge in [0.1, 0.15) is 5.82 Å². The topological polar surface area (TPSA) is 49.8 Å². The number of aryl methyl sites for hydroxylation is 1. The Morgan fingerprint density at radius 2 is 1.72 bits per heavy atom. The standard InChI is InChI=1S/C19H18Cl2N4/c1-12-11-17(23-13(2)14-7-4-3-5-8-14)25-19(22-12)24-16-10-6-9-15(20)18(16)21/h3-11,13H,1-2H3,(H2,22,23,24,25). The molecule has 0 bridgehead atoms.